The van der Waals surface area contributed by atoms with Crippen molar-refractivity contribution in [3.8, 4) is 0 Å². The molecule has 1 atom stereocenters. The number of aromatic nitrogens is 2. The maximum absolute atomic E-state index is 13.9. The molecule has 0 bridgehead atoms. The van der Waals surface area contributed by atoms with Crippen molar-refractivity contribution in [2.24, 2.45) is 7.05 Å². The number of likely N-dealkylation sites (N-methyl/N-ethyl adjacent to an activating group) is 1. The third-order valence-electron chi connectivity index (χ3n) is 3.20. The van der Waals surface area contributed by atoms with Crippen LogP contribution in [0.1, 0.15) is 11.6 Å². The summed E-state index contributed by atoms with van der Waals surface area (Å²) >= 11 is 0. The van der Waals surface area contributed by atoms with Crippen LogP contribution in [0.2, 0.25) is 0 Å². The topological polar surface area (TPSA) is 92.5 Å². The van der Waals surface area contributed by atoms with Gasteiger partial charge in [-0.15, -0.1) is 0 Å². The molecule has 0 saturated heterocycles. The fourth-order valence-corrected chi connectivity index (χ4v) is 3.29. The summed E-state index contributed by atoms with van der Waals surface area (Å²) in [6.45, 7) is 0. The van der Waals surface area contributed by atoms with Gasteiger partial charge < -0.3 is 9.67 Å². The first-order chi connectivity index (χ1) is 10.7. The zero-order valence-electron chi connectivity index (χ0n) is 12.1. The van der Waals surface area contributed by atoms with Crippen LogP contribution in [0.15, 0.2) is 35.7 Å². The van der Waals surface area contributed by atoms with Crippen molar-refractivity contribution in [2.75, 3.05) is 7.05 Å². The summed E-state index contributed by atoms with van der Waals surface area (Å²) in [5, 5.41) is 8.87. The largest absolute Gasteiger partial charge is 0.480 e. The fraction of sp³-hybridized carbons (Fsp3) is 0.231. The van der Waals surface area contributed by atoms with E-state index in [9.17, 15) is 27.1 Å². The van der Waals surface area contributed by atoms with Crippen LogP contribution in [0.3, 0.4) is 0 Å². The first-order valence-corrected chi connectivity index (χ1v) is 7.73. The van der Waals surface area contributed by atoms with Crippen LogP contribution in [0, 0.1) is 11.6 Å². The minimum Gasteiger partial charge on any atom is -0.480 e. The van der Waals surface area contributed by atoms with Crippen LogP contribution in [0.25, 0.3) is 0 Å². The summed E-state index contributed by atoms with van der Waals surface area (Å²) in [5.41, 5.74) is -0.859. The van der Waals surface area contributed by atoms with E-state index in [1.807, 2.05) is 0 Å². The molecule has 0 spiro atoms. The second-order valence-electron chi connectivity index (χ2n) is 4.77. The number of aryl methyl sites for hydroxylation is 1. The molecule has 7 nitrogen and oxygen atoms in total. The van der Waals surface area contributed by atoms with Gasteiger partial charge >= 0.3 is 5.97 Å². The lowest BCUT2D eigenvalue weighted by Crippen LogP contribution is -2.37. The second kappa shape index (κ2) is 6.05. The van der Waals surface area contributed by atoms with E-state index >= 15 is 0 Å². The van der Waals surface area contributed by atoms with Crippen LogP contribution < -0.4 is 0 Å². The third-order valence-corrected chi connectivity index (χ3v) is 4.90. The number of hydrogen-bond acceptors (Lipinski definition) is 4. The molecule has 0 fully saturated rings. The molecular weight excluding hydrogens is 332 g/mol. The number of nitrogens with zero attached hydrogens (tertiary/aromatic N) is 3. The quantitative estimate of drug-likeness (QED) is 0.877. The molecule has 0 radical (unpaired) electrons. The van der Waals surface area contributed by atoms with E-state index in [1.165, 1.54) is 17.9 Å². The van der Waals surface area contributed by atoms with Gasteiger partial charge in [0.2, 0.25) is 0 Å². The molecule has 2 aromatic rings. The summed E-state index contributed by atoms with van der Waals surface area (Å²) in [5.74, 6) is -4.02. The van der Waals surface area contributed by atoms with Crippen molar-refractivity contribution in [3.05, 3.63) is 47.9 Å². The highest BCUT2D eigenvalue weighted by molar-refractivity contribution is 7.89. The predicted molar refractivity (Wildman–Crippen MR) is 74.9 cm³/mol. The van der Waals surface area contributed by atoms with Gasteiger partial charge in [0.15, 0.2) is 11.1 Å². The number of hydrogen-bond donors (Lipinski definition) is 1. The van der Waals surface area contributed by atoms with Gasteiger partial charge in [-0.1, -0.05) is 6.07 Å². The number of aliphatic carboxylic acids is 1. The molecule has 2 rings (SSSR count). The summed E-state index contributed by atoms with van der Waals surface area (Å²) in [6, 6.07) is 0.703. The Labute approximate surface area is 130 Å². The Balaban J connectivity index is 2.56. The number of carbonyl (C=O) groups is 1. The highest BCUT2D eigenvalue weighted by Gasteiger charge is 2.38. The molecule has 1 aromatic heterocycles. The first-order valence-electron chi connectivity index (χ1n) is 6.29. The van der Waals surface area contributed by atoms with E-state index in [0.29, 0.717) is 4.31 Å². The lowest BCUT2D eigenvalue weighted by atomic mass is 10.1. The average molecular weight is 345 g/mol. The molecule has 10 heteroatoms. The van der Waals surface area contributed by atoms with Gasteiger partial charge in [0.1, 0.15) is 11.6 Å². The predicted octanol–water partition coefficient (Wildman–Crippen LogP) is 1.14. The first kappa shape index (κ1) is 17.0. The van der Waals surface area contributed by atoms with Gasteiger partial charge in [-0.05, 0) is 12.1 Å². The SMILES string of the molecule is CN(C(C(=O)O)c1c(F)cccc1F)S(=O)(=O)c1cn(C)cn1. The molecule has 0 aliphatic rings. The van der Waals surface area contributed by atoms with E-state index < -0.39 is 44.3 Å². The number of carboxylic acids is 1. The average Bonchev–Trinajstić information content (AvgIpc) is 2.89. The number of carboxylic acid groups (broad SMARTS) is 1. The molecule has 1 heterocycles. The highest BCUT2D eigenvalue weighted by Crippen LogP contribution is 2.29. The van der Waals surface area contributed by atoms with Crippen molar-refractivity contribution in [2.45, 2.75) is 11.1 Å². The molecule has 1 aromatic carbocycles. The van der Waals surface area contributed by atoms with E-state index in [0.717, 1.165) is 31.4 Å². The number of rotatable bonds is 5. The summed E-state index contributed by atoms with van der Waals surface area (Å²) in [6.07, 6.45) is 2.36. The molecule has 0 amide bonds. The van der Waals surface area contributed by atoms with E-state index in [4.69, 9.17) is 0 Å². The maximum atomic E-state index is 13.9. The van der Waals surface area contributed by atoms with Crippen molar-refractivity contribution < 1.29 is 27.1 Å². The number of imidazole rings is 1. The zero-order chi connectivity index (χ0) is 17.4. The highest BCUT2D eigenvalue weighted by atomic mass is 32.2. The molecule has 23 heavy (non-hydrogen) atoms. The lowest BCUT2D eigenvalue weighted by Gasteiger charge is -2.24. The summed E-state index contributed by atoms with van der Waals surface area (Å²) in [7, 11) is -1.91. The Hall–Kier alpha value is -2.33. The molecule has 1 N–H and O–H groups in total. The molecule has 0 aliphatic heterocycles. The van der Waals surface area contributed by atoms with Crippen molar-refractivity contribution >= 4 is 16.0 Å². The molecule has 1 unspecified atom stereocenters. The van der Waals surface area contributed by atoms with Crippen molar-refractivity contribution in [1.82, 2.24) is 13.9 Å². The monoisotopic (exact) mass is 345 g/mol. The minimum atomic E-state index is -4.36. The van der Waals surface area contributed by atoms with Gasteiger partial charge in [0, 0.05) is 20.3 Å². The normalized spacial score (nSPS) is 13.3. The molecule has 124 valence electrons. The van der Waals surface area contributed by atoms with Crippen molar-refractivity contribution in [1.29, 1.82) is 0 Å². The summed E-state index contributed by atoms with van der Waals surface area (Å²) in [4.78, 5) is 15.1. The molecule has 0 saturated carbocycles. The maximum Gasteiger partial charge on any atom is 0.326 e. The van der Waals surface area contributed by atoms with Crippen LogP contribution >= 0.6 is 0 Å². The van der Waals surface area contributed by atoms with Gasteiger partial charge in [-0.25, -0.2) is 22.2 Å². The van der Waals surface area contributed by atoms with Crippen LogP contribution in [-0.4, -0.2) is 40.4 Å². The van der Waals surface area contributed by atoms with E-state index in [1.54, 1.807) is 0 Å². The Morgan fingerprint density at radius 1 is 1.35 bits per heavy atom. The second-order valence-corrected chi connectivity index (χ2v) is 6.72. The Kier molecular flexibility index (Phi) is 4.48. The van der Waals surface area contributed by atoms with Crippen LogP contribution in [0.5, 0.6) is 0 Å². The van der Waals surface area contributed by atoms with Gasteiger partial charge in [0.25, 0.3) is 10.0 Å². The number of benzene rings is 1. The molecule has 0 aliphatic carbocycles. The Bertz CT molecular complexity index is 830. The van der Waals surface area contributed by atoms with Gasteiger partial charge in [0.05, 0.1) is 11.9 Å². The van der Waals surface area contributed by atoms with Crippen LogP contribution in [-0.2, 0) is 21.9 Å². The van der Waals surface area contributed by atoms with E-state index in [-0.39, 0.29) is 0 Å². The Morgan fingerprint density at radius 2 is 1.91 bits per heavy atom. The standard InChI is InChI=1S/C13H13F2N3O4S/c1-17-6-10(16-7-17)23(21,22)18(2)12(13(19)20)11-8(14)4-3-5-9(11)15/h3-7,12H,1-2H3,(H,19,20). The van der Waals surface area contributed by atoms with Gasteiger partial charge in [-0.3, -0.25) is 4.79 Å². The lowest BCUT2D eigenvalue weighted by molar-refractivity contribution is -0.141. The zero-order valence-corrected chi connectivity index (χ0v) is 13.0. The van der Waals surface area contributed by atoms with Gasteiger partial charge in [-0.2, -0.15) is 4.31 Å². The Morgan fingerprint density at radius 3 is 2.35 bits per heavy atom. The number of halogens is 2. The molecular formula is C13H13F2N3O4S. The summed E-state index contributed by atoms with van der Waals surface area (Å²) < 4.78 is 54.3. The minimum absolute atomic E-state index is 0.374. The number of sulfonamides is 1. The third kappa shape index (κ3) is 3.08. The fourth-order valence-electron chi connectivity index (χ4n) is 2.04. The van der Waals surface area contributed by atoms with Crippen LogP contribution in [0.4, 0.5) is 8.78 Å². The smallest absolute Gasteiger partial charge is 0.326 e. The van der Waals surface area contributed by atoms with E-state index in [2.05, 4.69) is 4.98 Å². The van der Waals surface area contributed by atoms with Crippen molar-refractivity contribution in [3.63, 3.8) is 0 Å².